The molecule has 0 saturated heterocycles. The zero-order valence-electron chi connectivity index (χ0n) is 10.6. The first-order valence-corrected chi connectivity index (χ1v) is 8.29. The lowest BCUT2D eigenvalue weighted by molar-refractivity contribution is 0.160. The predicted molar refractivity (Wildman–Crippen MR) is 83.3 cm³/mol. The highest BCUT2D eigenvalue weighted by molar-refractivity contribution is 9.11. The normalized spacial score (nSPS) is 20.1. The van der Waals surface area contributed by atoms with Crippen molar-refractivity contribution < 1.29 is 4.79 Å². The quantitative estimate of drug-likeness (QED) is 0.730. The molecule has 0 unspecified atom stereocenters. The molecule has 1 aliphatic heterocycles. The minimum absolute atomic E-state index is 0.0439. The molecule has 102 valence electrons. The molecule has 1 aromatic rings. The van der Waals surface area contributed by atoms with Gasteiger partial charge in [-0.3, -0.25) is 0 Å². The third-order valence-electron chi connectivity index (χ3n) is 3.99. The number of nitrogens with one attached hydrogen (secondary N) is 1. The zero-order valence-corrected chi connectivity index (χ0v) is 13.8. The number of anilines is 1. The molecule has 19 heavy (non-hydrogen) atoms. The van der Waals surface area contributed by atoms with Crippen LogP contribution >= 0.6 is 31.9 Å². The molecular formula is C14H16Br2N2O. The molecule has 3 nitrogen and oxygen atoms in total. The summed E-state index contributed by atoms with van der Waals surface area (Å²) in [5.41, 5.74) is 2.09. The second-order valence-electron chi connectivity index (χ2n) is 5.27. The van der Waals surface area contributed by atoms with Gasteiger partial charge in [0.2, 0.25) is 0 Å². The van der Waals surface area contributed by atoms with E-state index >= 15 is 0 Å². The van der Waals surface area contributed by atoms with Gasteiger partial charge in [0.1, 0.15) is 0 Å². The van der Waals surface area contributed by atoms with Crippen LogP contribution in [0.15, 0.2) is 21.1 Å². The molecule has 1 N–H and O–H groups in total. The van der Waals surface area contributed by atoms with E-state index in [1.54, 1.807) is 0 Å². The molecule has 1 aliphatic carbocycles. The molecular weight excluding hydrogens is 372 g/mol. The highest BCUT2D eigenvalue weighted by Crippen LogP contribution is 2.36. The Morgan fingerprint density at radius 1 is 1.16 bits per heavy atom. The molecule has 5 heteroatoms. The van der Waals surface area contributed by atoms with Crippen molar-refractivity contribution >= 4 is 43.6 Å². The van der Waals surface area contributed by atoms with Crippen molar-refractivity contribution in [1.29, 1.82) is 0 Å². The molecule has 0 spiro atoms. The fourth-order valence-corrected chi connectivity index (χ4v) is 4.43. The van der Waals surface area contributed by atoms with Crippen LogP contribution in [0, 0.1) is 0 Å². The van der Waals surface area contributed by atoms with Crippen LogP contribution in [0.2, 0.25) is 0 Å². The van der Waals surface area contributed by atoms with E-state index in [9.17, 15) is 4.79 Å². The third-order valence-corrected chi connectivity index (χ3v) is 5.07. The van der Waals surface area contributed by atoms with Crippen LogP contribution in [0.3, 0.4) is 0 Å². The molecule has 0 aromatic heterocycles. The highest BCUT2D eigenvalue weighted by Gasteiger charge is 2.30. The molecule has 0 atom stereocenters. The second-order valence-corrected chi connectivity index (χ2v) is 7.04. The Labute approximate surface area is 130 Å². The maximum absolute atomic E-state index is 12.3. The second kappa shape index (κ2) is 5.44. The molecule has 1 heterocycles. The number of halogens is 2. The summed E-state index contributed by atoms with van der Waals surface area (Å²) in [6.45, 7) is 0.712. The van der Waals surface area contributed by atoms with Gasteiger partial charge in [0, 0.05) is 21.5 Å². The number of urea groups is 1. The molecule has 1 saturated carbocycles. The van der Waals surface area contributed by atoms with Crippen molar-refractivity contribution in [3.05, 3.63) is 26.6 Å². The monoisotopic (exact) mass is 386 g/mol. The summed E-state index contributed by atoms with van der Waals surface area (Å²) in [5.74, 6) is 0. The maximum atomic E-state index is 12.3. The Morgan fingerprint density at radius 3 is 2.63 bits per heavy atom. The number of nitrogens with zero attached hydrogens (tertiary/aromatic N) is 1. The lowest BCUT2D eigenvalue weighted by Gasteiger charge is -2.38. The molecule has 2 amide bonds. The van der Waals surface area contributed by atoms with Crippen molar-refractivity contribution in [2.45, 2.75) is 44.7 Å². The van der Waals surface area contributed by atoms with E-state index in [0.29, 0.717) is 12.6 Å². The first-order valence-electron chi connectivity index (χ1n) is 6.70. The number of carbonyl (C=O) groups is 1. The SMILES string of the molecule is O=C1Nc2c(Br)cc(Br)cc2CN1C1CCCCC1. The van der Waals surface area contributed by atoms with Crippen LogP contribution in [0.25, 0.3) is 0 Å². The average molecular weight is 388 g/mol. The van der Waals surface area contributed by atoms with Gasteiger partial charge < -0.3 is 10.2 Å². The first kappa shape index (κ1) is 13.4. The summed E-state index contributed by atoms with van der Waals surface area (Å²) in [4.78, 5) is 14.3. The lowest BCUT2D eigenvalue weighted by atomic mass is 9.93. The zero-order chi connectivity index (χ0) is 13.4. The number of hydrogen-bond donors (Lipinski definition) is 1. The minimum Gasteiger partial charge on any atom is -0.317 e. The van der Waals surface area contributed by atoms with Crippen LogP contribution in [-0.4, -0.2) is 17.0 Å². The van der Waals surface area contributed by atoms with Crippen LogP contribution in [0.4, 0.5) is 10.5 Å². The van der Waals surface area contributed by atoms with Crippen molar-refractivity contribution in [2.24, 2.45) is 0 Å². The van der Waals surface area contributed by atoms with Crippen molar-refractivity contribution in [2.75, 3.05) is 5.32 Å². The third kappa shape index (κ3) is 2.68. The summed E-state index contributed by atoms with van der Waals surface area (Å²) >= 11 is 7.02. The molecule has 3 rings (SSSR count). The van der Waals surface area contributed by atoms with Crippen molar-refractivity contribution in [1.82, 2.24) is 4.90 Å². The van der Waals surface area contributed by atoms with E-state index in [4.69, 9.17) is 0 Å². The lowest BCUT2D eigenvalue weighted by Crippen LogP contribution is -2.46. The number of benzene rings is 1. The Morgan fingerprint density at radius 2 is 1.89 bits per heavy atom. The first-order chi connectivity index (χ1) is 9.15. The van der Waals surface area contributed by atoms with Gasteiger partial charge in [-0.1, -0.05) is 35.2 Å². The molecule has 2 aliphatic rings. The molecule has 1 fully saturated rings. The van der Waals surface area contributed by atoms with E-state index in [1.165, 1.54) is 24.8 Å². The van der Waals surface area contributed by atoms with Gasteiger partial charge in [-0.25, -0.2) is 4.79 Å². The fraction of sp³-hybridized carbons (Fsp3) is 0.500. The Balaban J connectivity index is 1.88. The number of fused-ring (bicyclic) bond motifs is 1. The topological polar surface area (TPSA) is 32.3 Å². The number of carbonyl (C=O) groups excluding carboxylic acids is 1. The number of amides is 2. The molecule has 0 bridgehead atoms. The Bertz CT molecular complexity index is 512. The van der Waals surface area contributed by atoms with Gasteiger partial charge in [-0.05, 0) is 46.5 Å². The van der Waals surface area contributed by atoms with Crippen LogP contribution < -0.4 is 5.32 Å². The van der Waals surface area contributed by atoms with Crippen LogP contribution in [0.5, 0.6) is 0 Å². The van der Waals surface area contributed by atoms with Gasteiger partial charge in [0.15, 0.2) is 0 Å². The standard InChI is InChI=1S/C14H16Br2N2O/c15-10-6-9-8-18(11-4-2-1-3-5-11)14(19)17-13(9)12(16)7-10/h6-7,11H,1-5,8H2,(H,17,19). The van der Waals surface area contributed by atoms with E-state index < -0.39 is 0 Å². The van der Waals surface area contributed by atoms with E-state index in [1.807, 2.05) is 11.0 Å². The average Bonchev–Trinajstić information content (AvgIpc) is 2.40. The predicted octanol–water partition coefficient (Wildman–Crippen LogP) is 4.89. The smallest absolute Gasteiger partial charge is 0.317 e. The number of hydrogen-bond acceptors (Lipinski definition) is 1. The fourth-order valence-electron chi connectivity index (χ4n) is 3.01. The van der Waals surface area contributed by atoms with E-state index in [0.717, 1.165) is 27.5 Å². The van der Waals surface area contributed by atoms with Gasteiger partial charge in [0.25, 0.3) is 0 Å². The molecule has 1 aromatic carbocycles. The van der Waals surface area contributed by atoms with Crippen molar-refractivity contribution in [3.63, 3.8) is 0 Å². The van der Waals surface area contributed by atoms with E-state index in [-0.39, 0.29) is 6.03 Å². The summed E-state index contributed by atoms with van der Waals surface area (Å²) < 4.78 is 1.98. The van der Waals surface area contributed by atoms with Gasteiger partial charge in [0.05, 0.1) is 5.69 Å². The van der Waals surface area contributed by atoms with Crippen LogP contribution in [0.1, 0.15) is 37.7 Å². The van der Waals surface area contributed by atoms with Gasteiger partial charge in [-0.15, -0.1) is 0 Å². The molecule has 0 radical (unpaired) electrons. The summed E-state index contributed by atoms with van der Waals surface area (Å²) in [5, 5.41) is 3.02. The highest BCUT2D eigenvalue weighted by atomic mass is 79.9. The summed E-state index contributed by atoms with van der Waals surface area (Å²) in [6, 6.07) is 4.51. The van der Waals surface area contributed by atoms with Crippen molar-refractivity contribution in [3.8, 4) is 0 Å². The van der Waals surface area contributed by atoms with Crippen LogP contribution in [-0.2, 0) is 6.54 Å². The Hall–Kier alpha value is -0.550. The largest absolute Gasteiger partial charge is 0.322 e. The summed E-state index contributed by atoms with van der Waals surface area (Å²) in [7, 11) is 0. The summed E-state index contributed by atoms with van der Waals surface area (Å²) in [6.07, 6.45) is 6.06. The van der Waals surface area contributed by atoms with Gasteiger partial charge in [-0.2, -0.15) is 0 Å². The minimum atomic E-state index is 0.0439. The van der Waals surface area contributed by atoms with E-state index in [2.05, 4.69) is 43.2 Å². The maximum Gasteiger partial charge on any atom is 0.322 e. The number of rotatable bonds is 1. The Kier molecular flexibility index (Phi) is 3.85. The van der Waals surface area contributed by atoms with Gasteiger partial charge >= 0.3 is 6.03 Å².